The van der Waals surface area contributed by atoms with Crippen LogP contribution in [-0.2, 0) is 0 Å². The Kier molecular flexibility index (Phi) is 3.28. The summed E-state index contributed by atoms with van der Waals surface area (Å²) in [5, 5.41) is 3.43. The normalized spacial score (nSPS) is 17.9. The smallest absolute Gasteiger partial charge is 0.267 e. The predicted molar refractivity (Wildman–Crippen MR) is 66.6 cm³/mol. The third-order valence-corrected chi connectivity index (χ3v) is 3.37. The van der Waals surface area contributed by atoms with Crippen LogP contribution in [0.4, 0.5) is 5.69 Å². The summed E-state index contributed by atoms with van der Waals surface area (Å²) in [7, 11) is 0. The van der Waals surface area contributed by atoms with Crippen molar-refractivity contribution >= 4 is 11.6 Å². The van der Waals surface area contributed by atoms with Gasteiger partial charge in [0.05, 0.1) is 0 Å². The number of carbonyl (C=O) groups excluding carboxylic acids is 1. The molecule has 0 aliphatic heterocycles. The highest BCUT2D eigenvalue weighted by Gasteiger charge is 2.32. The van der Waals surface area contributed by atoms with E-state index in [1.165, 1.54) is 12.8 Å². The summed E-state index contributed by atoms with van der Waals surface area (Å²) in [5.74, 6) is -0.512. The van der Waals surface area contributed by atoms with Gasteiger partial charge in [-0.05, 0) is 25.0 Å². The highest BCUT2D eigenvalue weighted by Crippen LogP contribution is 2.32. The molecule has 0 saturated heterocycles. The van der Waals surface area contributed by atoms with Gasteiger partial charge in [0, 0.05) is 24.0 Å². The number of hydrogen-bond donors (Lipinski definition) is 3. The second-order valence-corrected chi connectivity index (χ2v) is 4.61. The van der Waals surface area contributed by atoms with E-state index in [1.54, 1.807) is 12.3 Å². The highest BCUT2D eigenvalue weighted by atomic mass is 16.1. The minimum atomic E-state index is -0.512. The first-order valence-electron chi connectivity index (χ1n) is 5.89. The van der Waals surface area contributed by atoms with Crippen LogP contribution in [-0.4, -0.2) is 23.0 Å². The van der Waals surface area contributed by atoms with Crippen molar-refractivity contribution in [3.63, 3.8) is 0 Å². The fourth-order valence-corrected chi connectivity index (χ4v) is 2.38. The molecule has 17 heavy (non-hydrogen) atoms. The van der Waals surface area contributed by atoms with Gasteiger partial charge < -0.3 is 16.8 Å². The lowest BCUT2D eigenvalue weighted by molar-refractivity contribution is 0.0995. The summed E-state index contributed by atoms with van der Waals surface area (Å²) in [6.07, 6.45) is 6.10. The summed E-state index contributed by atoms with van der Waals surface area (Å²) < 4.78 is 0. The molecule has 1 heterocycles. The Balaban J connectivity index is 2.17. The van der Waals surface area contributed by atoms with Crippen LogP contribution < -0.4 is 16.8 Å². The number of carbonyl (C=O) groups is 1. The molecule has 1 aliphatic rings. The van der Waals surface area contributed by atoms with Crippen molar-refractivity contribution in [3.8, 4) is 0 Å². The van der Waals surface area contributed by atoms with Crippen molar-refractivity contribution < 1.29 is 4.79 Å². The van der Waals surface area contributed by atoms with Crippen molar-refractivity contribution in [1.82, 2.24) is 4.98 Å². The van der Waals surface area contributed by atoms with Gasteiger partial charge in [0.25, 0.3) is 5.91 Å². The van der Waals surface area contributed by atoms with E-state index in [0.29, 0.717) is 6.54 Å². The Morgan fingerprint density at radius 3 is 2.76 bits per heavy atom. The van der Waals surface area contributed by atoms with Gasteiger partial charge in [0.2, 0.25) is 0 Å². The quantitative estimate of drug-likeness (QED) is 0.720. The van der Waals surface area contributed by atoms with E-state index >= 15 is 0 Å². The van der Waals surface area contributed by atoms with E-state index in [-0.39, 0.29) is 11.2 Å². The number of nitrogens with one attached hydrogen (secondary N) is 1. The Bertz CT molecular complexity index is 413. The molecule has 0 unspecified atom stereocenters. The number of pyridine rings is 1. The first-order valence-corrected chi connectivity index (χ1v) is 5.89. The number of hydrogen-bond acceptors (Lipinski definition) is 4. The second-order valence-electron chi connectivity index (χ2n) is 4.61. The molecule has 1 amide bonds. The van der Waals surface area contributed by atoms with Crippen molar-refractivity contribution in [2.24, 2.45) is 11.5 Å². The molecule has 5 nitrogen and oxygen atoms in total. The van der Waals surface area contributed by atoms with Gasteiger partial charge in [-0.2, -0.15) is 0 Å². The molecule has 0 atom stereocenters. The monoisotopic (exact) mass is 234 g/mol. The maximum absolute atomic E-state index is 11.0. The Morgan fingerprint density at radius 2 is 2.18 bits per heavy atom. The minimum Gasteiger partial charge on any atom is -0.378 e. The van der Waals surface area contributed by atoms with Crippen LogP contribution >= 0.6 is 0 Å². The lowest BCUT2D eigenvalue weighted by Crippen LogP contribution is -2.42. The van der Waals surface area contributed by atoms with E-state index in [1.807, 2.05) is 6.07 Å². The lowest BCUT2D eigenvalue weighted by Gasteiger charge is -2.30. The first kappa shape index (κ1) is 11.9. The molecule has 1 aromatic rings. The zero-order valence-electron chi connectivity index (χ0n) is 9.78. The van der Waals surface area contributed by atoms with E-state index < -0.39 is 5.91 Å². The molecule has 5 heteroatoms. The molecule has 0 bridgehead atoms. The molecule has 1 aromatic heterocycles. The summed E-state index contributed by atoms with van der Waals surface area (Å²) in [4.78, 5) is 15.0. The van der Waals surface area contributed by atoms with Gasteiger partial charge >= 0.3 is 0 Å². The van der Waals surface area contributed by atoms with Crippen LogP contribution in [0, 0.1) is 0 Å². The Morgan fingerprint density at radius 1 is 1.47 bits per heavy atom. The molecule has 1 aliphatic carbocycles. The largest absolute Gasteiger partial charge is 0.378 e. The first-order chi connectivity index (χ1) is 8.15. The van der Waals surface area contributed by atoms with Crippen molar-refractivity contribution in [3.05, 3.63) is 24.0 Å². The number of amides is 1. The Hall–Kier alpha value is -1.62. The molecule has 1 fully saturated rings. The average molecular weight is 234 g/mol. The van der Waals surface area contributed by atoms with Crippen molar-refractivity contribution in [1.29, 1.82) is 0 Å². The highest BCUT2D eigenvalue weighted by molar-refractivity contribution is 5.91. The van der Waals surface area contributed by atoms with Crippen LogP contribution in [0.3, 0.4) is 0 Å². The molecule has 0 spiro atoms. The van der Waals surface area contributed by atoms with Crippen molar-refractivity contribution in [2.45, 2.75) is 31.2 Å². The summed E-state index contributed by atoms with van der Waals surface area (Å²) >= 11 is 0. The van der Waals surface area contributed by atoms with Gasteiger partial charge in [0.15, 0.2) is 0 Å². The standard InChI is InChI=1S/C12H18N4O/c13-8-12(4-1-2-5-12)16-9-3-6-15-10(7-9)11(14)17/h3,6-7H,1-2,4-5,8,13H2,(H2,14,17)(H,15,16). The van der Waals surface area contributed by atoms with Gasteiger partial charge in [-0.3, -0.25) is 9.78 Å². The van der Waals surface area contributed by atoms with Gasteiger partial charge in [0.1, 0.15) is 5.69 Å². The fourth-order valence-electron chi connectivity index (χ4n) is 2.38. The molecule has 0 radical (unpaired) electrons. The molecule has 5 N–H and O–H groups in total. The number of anilines is 1. The number of aromatic nitrogens is 1. The van der Waals surface area contributed by atoms with Crippen LogP contribution in [0.25, 0.3) is 0 Å². The minimum absolute atomic E-state index is 0.0315. The summed E-state index contributed by atoms with van der Waals surface area (Å²) in [6.45, 7) is 0.598. The fraction of sp³-hybridized carbons (Fsp3) is 0.500. The van der Waals surface area contributed by atoms with E-state index in [4.69, 9.17) is 11.5 Å². The number of nitrogens with zero attached hydrogens (tertiary/aromatic N) is 1. The maximum Gasteiger partial charge on any atom is 0.267 e. The maximum atomic E-state index is 11.0. The van der Waals surface area contributed by atoms with E-state index in [2.05, 4.69) is 10.3 Å². The number of nitrogens with two attached hydrogens (primary N) is 2. The average Bonchev–Trinajstić information content (AvgIpc) is 2.78. The van der Waals surface area contributed by atoms with Gasteiger partial charge in [-0.25, -0.2) is 0 Å². The topological polar surface area (TPSA) is 94.0 Å². The van der Waals surface area contributed by atoms with Crippen LogP contribution in [0.5, 0.6) is 0 Å². The zero-order valence-corrected chi connectivity index (χ0v) is 9.78. The SMILES string of the molecule is NCC1(Nc2ccnc(C(N)=O)c2)CCCC1. The van der Waals surface area contributed by atoms with Crippen LogP contribution in [0.1, 0.15) is 36.2 Å². The summed E-state index contributed by atoms with van der Waals surface area (Å²) in [5.41, 5.74) is 12.2. The van der Waals surface area contributed by atoms with Crippen LogP contribution in [0.2, 0.25) is 0 Å². The number of primary amides is 1. The third-order valence-electron chi connectivity index (χ3n) is 3.37. The zero-order chi connectivity index (χ0) is 12.3. The summed E-state index contributed by atoms with van der Waals surface area (Å²) in [6, 6.07) is 3.51. The van der Waals surface area contributed by atoms with Crippen molar-refractivity contribution in [2.75, 3.05) is 11.9 Å². The second kappa shape index (κ2) is 4.71. The predicted octanol–water partition coefficient (Wildman–Crippen LogP) is 0.864. The molecule has 92 valence electrons. The number of rotatable bonds is 4. The third kappa shape index (κ3) is 2.55. The van der Waals surface area contributed by atoms with Gasteiger partial charge in [-0.1, -0.05) is 12.8 Å². The Labute approximate surface area is 101 Å². The molecular weight excluding hydrogens is 216 g/mol. The van der Waals surface area contributed by atoms with Crippen LogP contribution in [0.15, 0.2) is 18.3 Å². The molecule has 1 saturated carbocycles. The van der Waals surface area contributed by atoms with E-state index in [9.17, 15) is 4.79 Å². The molecule has 0 aromatic carbocycles. The molecular formula is C12H18N4O. The van der Waals surface area contributed by atoms with E-state index in [0.717, 1.165) is 18.5 Å². The van der Waals surface area contributed by atoms with Gasteiger partial charge in [-0.15, -0.1) is 0 Å². The molecule has 2 rings (SSSR count). The lowest BCUT2D eigenvalue weighted by atomic mass is 9.97.